The lowest BCUT2D eigenvalue weighted by molar-refractivity contribution is -0.385. The predicted octanol–water partition coefficient (Wildman–Crippen LogP) is 3.06. The van der Waals surface area contributed by atoms with Gasteiger partial charge in [0.05, 0.1) is 15.8 Å². The van der Waals surface area contributed by atoms with Crippen LogP contribution in [-0.2, 0) is 6.54 Å². The summed E-state index contributed by atoms with van der Waals surface area (Å²) in [5.41, 5.74) is 0.188. The van der Waals surface area contributed by atoms with E-state index in [0.29, 0.717) is 22.5 Å². The number of hydrogen-bond acceptors (Lipinski definition) is 7. The number of nitro groups is 1. The quantitative estimate of drug-likeness (QED) is 0.651. The maximum absolute atomic E-state index is 11.1. The summed E-state index contributed by atoms with van der Waals surface area (Å²) in [7, 11) is 1.66. The zero-order valence-corrected chi connectivity index (χ0v) is 12.4. The maximum atomic E-state index is 11.1. The first kappa shape index (κ1) is 14.5. The molecule has 0 bridgehead atoms. The van der Waals surface area contributed by atoms with Crippen molar-refractivity contribution in [2.24, 2.45) is 0 Å². The van der Waals surface area contributed by atoms with Crippen LogP contribution in [0.2, 0.25) is 4.34 Å². The number of aryl methyl sites for hydroxylation is 1. The summed E-state index contributed by atoms with van der Waals surface area (Å²) >= 11 is 7.25. The van der Waals surface area contributed by atoms with Crippen LogP contribution in [0.3, 0.4) is 0 Å². The largest absolute Gasteiger partial charge is 0.359 e. The molecule has 0 spiro atoms. The molecular weight excluding hydrogens is 302 g/mol. The summed E-state index contributed by atoms with van der Waals surface area (Å²) in [5.74, 6) is 0.524. The molecule has 0 atom stereocenters. The van der Waals surface area contributed by atoms with Gasteiger partial charge in [0.15, 0.2) is 0 Å². The van der Waals surface area contributed by atoms with E-state index in [1.807, 2.05) is 6.07 Å². The highest BCUT2D eigenvalue weighted by Crippen LogP contribution is 2.28. The summed E-state index contributed by atoms with van der Waals surface area (Å²) in [5, 5.41) is 16.8. The Kier molecular flexibility index (Phi) is 4.35. The van der Waals surface area contributed by atoms with E-state index in [1.54, 1.807) is 20.0 Å². The number of rotatable bonds is 5. The molecule has 2 heterocycles. The minimum atomic E-state index is -0.488. The molecule has 0 saturated carbocycles. The van der Waals surface area contributed by atoms with Gasteiger partial charge in [-0.2, -0.15) is 4.98 Å². The molecule has 20 heavy (non-hydrogen) atoms. The van der Waals surface area contributed by atoms with Crippen LogP contribution >= 0.6 is 22.9 Å². The number of nitrogens with one attached hydrogen (secondary N) is 2. The minimum Gasteiger partial charge on any atom is -0.359 e. The van der Waals surface area contributed by atoms with Crippen molar-refractivity contribution in [3.8, 4) is 0 Å². The van der Waals surface area contributed by atoms with Gasteiger partial charge in [0, 0.05) is 11.9 Å². The fourth-order valence-electron chi connectivity index (χ4n) is 1.64. The third-order valence-electron chi connectivity index (χ3n) is 2.52. The van der Waals surface area contributed by atoms with E-state index in [9.17, 15) is 10.1 Å². The Bertz CT molecular complexity index is 646. The third kappa shape index (κ3) is 3.14. The Morgan fingerprint density at radius 2 is 2.20 bits per heavy atom. The first-order valence-corrected chi connectivity index (χ1v) is 6.89. The molecule has 0 aliphatic carbocycles. The molecule has 2 rings (SSSR count). The van der Waals surface area contributed by atoms with E-state index < -0.39 is 4.92 Å². The highest BCUT2D eigenvalue weighted by Gasteiger charge is 2.21. The fourth-order valence-corrected chi connectivity index (χ4v) is 2.67. The van der Waals surface area contributed by atoms with Crippen molar-refractivity contribution in [1.29, 1.82) is 0 Å². The van der Waals surface area contributed by atoms with Crippen molar-refractivity contribution in [3.05, 3.63) is 37.2 Å². The van der Waals surface area contributed by atoms with E-state index in [0.717, 1.165) is 4.88 Å². The molecule has 0 aromatic carbocycles. The van der Waals surface area contributed by atoms with Crippen LogP contribution < -0.4 is 10.6 Å². The molecular formula is C11H12ClN5O2S. The first-order valence-electron chi connectivity index (χ1n) is 5.70. The third-order valence-corrected chi connectivity index (χ3v) is 3.75. The number of aromatic nitrogens is 2. The molecule has 0 fully saturated rings. The first-order chi connectivity index (χ1) is 9.51. The van der Waals surface area contributed by atoms with Crippen LogP contribution in [0, 0.1) is 17.0 Å². The summed E-state index contributed by atoms with van der Waals surface area (Å²) in [6.45, 7) is 1.99. The van der Waals surface area contributed by atoms with Crippen LogP contribution in [0.5, 0.6) is 0 Å². The fraction of sp³-hybridized carbons (Fsp3) is 0.273. The van der Waals surface area contributed by atoms with Gasteiger partial charge in [-0.15, -0.1) is 11.3 Å². The van der Waals surface area contributed by atoms with Crippen molar-refractivity contribution in [3.63, 3.8) is 0 Å². The van der Waals surface area contributed by atoms with E-state index >= 15 is 0 Å². The van der Waals surface area contributed by atoms with Crippen LogP contribution in [0.1, 0.15) is 10.6 Å². The van der Waals surface area contributed by atoms with Crippen LogP contribution in [0.4, 0.5) is 17.5 Å². The second-order valence-corrected chi connectivity index (χ2v) is 5.70. The average molecular weight is 314 g/mol. The van der Waals surface area contributed by atoms with Crippen LogP contribution in [-0.4, -0.2) is 21.9 Å². The number of anilines is 2. The van der Waals surface area contributed by atoms with Gasteiger partial charge < -0.3 is 10.6 Å². The standard InChI is InChI=1S/C11H12ClN5O2S/c1-6-9(17(18)19)10(16-11(13-2)15-6)14-5-7-3-4-8(12)20-7/h3-4H,5H2,1-2H3,(H2,13,14,15,16). The molecule has 2 N–H and O–H groups in total. The number of halogens is 1. The molecule has 106 valence electrons. The van der Waals surface area contributed by atoms with Gasteiger partial charge in [-0.05, 0) is 19.1 Å². The van der Waals surface area contributed by atoms with Gasteiger partial charge in [0.25, 0.3) is 0 Å². The molecule has 2 aromatic heterocycles. The molecule has 0 aliphatic rings. The summed E-state index contributed by atoms with van der Waals surface area (Å²) in [4.78, 5) is 19.7. The highest BCUT2D eigenvalue weighted by atomic mass is 35.5. The van der Waals surface area contributed by atoms with Gasteiger partial charge in [-0.25, -0.2) is 4.98 Å². The Morgan fingerprint density at radius 1 is 1.45 bits per heavy atom. The van der Waals surface area contributed by atoms with Crippen molar-refractivity contribution < 1.29 is 4.92 Å². The summed E-state index contributed by atoms with van der Waals surface area (Å²) < 4.78 is 0.672. The van der Waals surface area contributed by atoms with Crippen molar-refractivity contribution in [2.45, 2.75) is 13.5 Å². The second kappa shape index (κ2) is 6.02. The average Bonchev–Trinajstić information content (AvgIpc) is 2.81. The number of thiophene rings is 1. The summed E-state index contributed by atoms with van der Waals surface area (Å²) in [6, 6.07) is 3.64. The highest BCUT2D eigenvalue weighted by molar-refractivity contribution is 7.16. The van der Waals surface area contributed by atoms with Gasteiger partial charge in [0.2, 0.25) is 11.8 Å². The van der Waals surface area contributed by atoms with Crippen molar-refractivity contribution >= 4 is 40.4 Å². The monoisotopic (exact) mass is 313 g/mol. The molecule has 9 heteroatoms. The van der Waals surface area contributed by atoms with E-state index in [4.69, 9.17) is 11.6 Å². The van der Waals surface area contributed by atoms with E-state index in [2.05, 4.69) is 20.6 Å². The van der Waals surface area contributed by atoms with Gasteiger partial charge in [-0.3, -0.25) is 10.1 Å². The molecule has 0 saturated heterocycles. The van der Waals surface area contributed by atoms with Gasteiger partial charge >= 0.3 is 5.69 Å². The molecule has 7 nitrogen and oxygen atoms in total. The number of hydrogen-bond donors (Lipinski definition) is 2. The van der Waals surface area contributed by atoms with Crippen molar-refractivity contribution in [1.82, 2.24) is 9.97 Å². The van der Waals surface area contributed by atoms with Gasteiger partial charge in [-0.1, -0.05) is 11.6 Å². The summed E-state index contributed by atoms with van der Waals surface area (Å²) in [6.07, 6.45) is 0. The Morgan fingerprint density at radius 3 is 2.75 bits per heavy atom. The Labute approximate surface area is 124 Å². The van der Waals surface area contributed by atoms with Gasteiger partial charge in [0.1, 0.15) is 5.69 Å². The number of nitrogens with zero attached hydrogens (tertiary/aromatic N) is 3. The lowest BCUT2D eigenvalue weighted by Crippen LogP contribution is -2.09. The predicted molar refractivity (Wildman–Crippen MR) is 79.6 cm³/mol. The normalized spacial score (nSPS) is 10.3. The minimum absolute atomic E-state index is 0.119. The van der Waals surface area contributed by atoms with Crippen LogP contribution in [0.25, 0.3) is 0 Å². The molecule has 0 radical (unpaired) electrons. The maximum Gasteiger partial charge on any atom is 0.332 e. The van der Waals surface area contributed by atoms with Crippen LogP contribution in [0.15, 0.2) is 12.1 Å². The zero-order valence-electron chi connectivity index (χ0n) is 10.8. The molecule has 0 amide bonds. The molecule has 0 aliphatic heterocycles. The Hall–Kier alpha value is -1.93. The SMILES string of the molecule is CNc1nc(C)c([N+](=O)[O-])c(NCc2ccc(Cl)s2)n1. The molecule has 2 aromatic rings. The lowest BCUT2D eigenvalue weighted by Gasteiger charge is -2.08. The zero-order chi connectivity index (χ0) is 14.7. The second-order valence-electron chi connectivity index (χ2n) is 3.90. The topological polar surface area (TPSA) is 93.0 Å². The lowest BCUT2D eigenvalue weighted by atomic mass is 10.3. The smallest absolute Gasteiger partial charge is 0.332 e. The molecule has 0 unspecified atom stereocenters. The Balaban J connectivity index is 2.28. The van der Waals surface area contributed by atoms with E-state index in [-0.39, 0.29) is 11.5 Å². The van der Waals surface area contributed by atoms with Crippen molar-refractivity contribution in [2.75, 3.05) is 17.7 Å². The van der Waals surface area contributed by atoms with E-state index in [1.165, 1.54) is 11.3 Å².